The molecule has 0 saturated heterocycles. The van der Waals surface area contributed by atoms with Gasteiger partial charge in [0.2, 0.25) is 0 Å². The van der Waals surface area contributed by atoms with E-state index in [9.17, 15) is 4.39 Å². The van der Waals surface area contributed by atoms with Gasteiger partial charge in [0.05, 0.1) is 12.7 Å². The van der Waals surface area contributed by atoms with E-state index in [0.717, 1.165) is 13.0 Å². The molecule has 1 N–H and O–H groups in total. The Kier molecular flexibility index (Phi) is 4.32. The molecule has 21 heavy (non-hydrogen) atoms. The highest BCUT2D eigenvalue weighted by atomic mass is 19.1. The zero-order valence-electron chi connectivity index (χ0n) is 12.2. The van der Waals surface area contributed by atoms with E-state index < -0.39 is 0 Å². The minimum absolute atomic E-state index is 0.0381. The van der Waals surface area contributed by atoms with Gasteiger partial charge in [0.1, 0.15) is 5.82 Å². The van der Waals surface area contributed by atoms with Crippen molar-refractivity contribution in [3.05, 3.63) is 71.0 Å². The number of benzene rings is 2. The van der Waals surface area contributed by atoms with Crippen molar-refractivity contribution in [3.8, 4) is 0 Å². The quantitative estimate of drug-likeness (QED) is 0.923. The lowest BCUT2D eigenvalue weighted by molar-refractivity contribution is 0.0409. The summed E-state index contributed by atoms with van der Waals surface area (Å²) < 4.78 is 19.6. The van der Waals surface area contributed by atoms with E-state index in [2.05, 4.69) is 23.5 Å². The van der Waals surface area contributed by atoms with E-state index in [-0.39, 0.29) is 18.0 Å². The van der Waals surface area contributed by atoms with Crippen LogP contribution in [0.15, 0.2) is 48.5 Å². The first-order chi connectivity index (χ1) is 10.3. The van der Waals surface area contributed by atoms with Crippen LogP contribution in [0.1, 0.15) is 35.8 Å². The van der Waals surface area contributed by atoms with Crippen molar-refractivity contribution >= 4 is 0 Å². The summed E-state index contributed by atoms with van der Waals surface area (Å²) in [4.78, 5) is 0. The van der Waals surface area contributed by atoms with Crippen molar-refractivity contribution in [1.29, 1.82) is 0 Å². The van der Waals surface area contributed by atoms with Gasteiger partial charge in [-0.15, -0.1) is 0 Å². The Morgan fingerprint density at radius 1 is 1.19 bits per heavy atom. The van der Waals surface area contributed by atoms with Gasteiger partial charge in [-0.25, -0.2) is 4.39 Å². The maximum absolute atomic E-state index is 13.8. The third kappa shape index (κ3) is 3.14. The number of hydrogen-bond donors (Lipinski definition) is 1. The first kappa shape index (κ1) is 14.2. The van der Waals surface area contributed by atoms with Crippen LogP contribution < -0.4 is 5.32 Å². The van der Waals surface area contributed by atoms with Crippen molar-refractivity contribution in [2.24, 2.45) is 0 Å². The average molecular weight is 285 g/mol. The first-order valence-corrected chi connectivity index (χ1v) is 7.43. The molecule has 0 bridgehead atoms. The summed E-state index contributed by atoms with van der Waals surface area (Å²) in [6, 6.07) is 15.2. The molecule has 1 aliphatic rings. The Morgan fingerprint density at radius 3 is 2.81 bits per heavy atom. The summed E-state index contributed by atoms with van der Waals surface area (Å²) in [6.45, 7) is 3.41. The molecule has 3 heteroatoms. The molecular formula is C18H20FNO. The van der Waals surface area contributed by atoms with Gasteiger partial charge in [0.25, 0.3) is 0 Å². The fraction of sp³-hybridized carbons (Fsp3) is 0.333. The molecule has 0 aromatic heterocycles. The Hall–Kier alpha value is -1.71. The maximum atomic E-state index is 13.8. The molecule has 0 amide bonds. The largest absolute Gasteiger partial charge is 0.372 e. The van der Waals surface area contributed by atoms with Crippen LogP contribution in [0.4, 0.5) is 4.39 Å². The van der Waals surface area contributed by atoms with Gasteiger partial charge >= 0.3 is 0 Å². The fourth-order valence-electron chi connectivity index (χ4n) is 2.87. The number of halogens is 1. The molecule has 0 radical (unpaired) electrons. The van der Waals surface area contributed by atoms with Crippen molar-refractivity contribution in [1.82, 2.24) is 5.32 Å². The van der Waals surface area contributed by atoms with E-state index in [1.807, 2.05) is 25.1 Å². The molecule has 2 aromatic rings. The topological polar surface area (TPSA) is 21.3 Å². The highest BCUT2D eigenvalue weighted by Gasteiger charge is 2.21. The molecule has 0 saturated carbocycles. The Bertz CT molecular complexity index is 614. The lowest BCUT2D eigenvalue weighted by atomic mass is 9.97. The van der Waals surface area contributed by atoms with Gasteiger partial charge in [-0.05, 0) is 30.5 Å². The number of hydrogen-bond acceptors (Lipinski definition) is 2. The lowest BCUT2D eigenvalue weighted by Crippen LogP contribution is -2.29. The second-order valence-corrected chi connectivity index (χ2v) is 5.46. The summed E-state index contributed by atoms with van der Waals surface area (Å²) in [5.74, 6) is -0.164. The minimum atomic E-state index is -0.164. The molecule has 0 spiro atoms. The molecule has 0 fully saturated rings. The Labute approximate surface area is 125 Å². The summed E-state index contributed by atoms with van der Waals surface area (Å²) in [6.07, 6.45) is 1.01. The van der Waals surface area contributed by atoms with Gasteiger partial charge in [-0.2, -0.15) is 0 Å². The smallest absolute Gasteiger partial charge is 0.127 e. The normalized spacial score (nSPS) is 19.0. The van der Waals surface area contributed by atoms with Crippen LogP contribution in [0.25, 0.3) is 0 Å². The zero-order chi connectivity index (χ0) is 14.7. The van der Waals surface area contributed by atoms with Crippen molar-refractivity contribution in [2.75, 3.05) is 13.2 Å². The van der Waals surface area contributed by atoms with Crippen LogP contribution in [-0.2, 0) is 11.2 Å². The van der Waals surface area contributed by atoms with Crippen LogP contribution in [0.5, 0.6) is 0 Å². The van der Waals surface area contributed by atoms with Gasteiger partial charge in [0, 0.05) is 18.2 Å². The highest BCUT2D eigenvalue weighted by molar-refractivity contribution is 5.31. The summed E-state index contributed by atoms with van der Waals surface area (Å²) in [7, 11) is 0. The van der Waals surface area contributed by atoms with Crippen LogP contribution in [0, 0.1) is 5.82 Å². The average Bonchev–Trinajstić information content (AvgIpc) is 2.53. The van der Waals surface area contributed by atoms with Crippen LogP contribution in [-0.4, -0.2) is 13.2 Å². The SMILES string of the molecule is CC(NCC1OCCc2ccccc21)c1ccccc1F. The lowest BCUT2D eigenvalue weighted by Gasteiger charge is -2.27. The third-order valence-corrected chi connectivity index (χ3v) is 4.07. The number of ether oxygens (including phenoxy) is 1. The van der Waals surface area contributed by atoms with Gasteiger partial charge in [0.15, 0.2) is 0 Å². The predicted octanol–water partition coefficient (Wildman–Crippen LogP) is 3.79. The zero-order valence-corrected chi connectivity index (χ0v) is 12.2. The van der Waals surface area contributed by atoms with Gasteiger partial charge in [-0.1, -0.05) is 42.5 Å². The van der Waals surface area contributed by atoms with Crippen LogP contribution in [0.2, 0.25) is 0 Å². The van der Waals surface area contributed by atoms with Crippen molar-refractivity contribution in [3.63, 3.8) is 0 Å². The molecule has 0 aliphatic carbocycles. The third-order valence-electron chi connectivity index (χ3n) is 4.07. The number of rotatable bonds is 4. The molecule has 1 aliphatic heterocycles. The van der Waals surface area contributed by atoms with E-state index in [1.54, 1.807) is 6.07 Å². The predicted molar refractivity (Wildman–Crippen MR) is 81.7 cm³/mol. The standard InChI is InChI=1S/C18H20FNO/c1-13(15-7-4-5-9-17(15)19)20-12-18-16-8-3-2-6-14(16)10-11-21-18/h2-9,13,18,20H,10-12H2,1H3. The van der Waals surface area contributed by atoms with Gasteiger partial charge in [-0.3, -0.25) is 0 Å². The summed E-state index contributed by atoms with van der Waals surface area (Å²) in [5, 5.41) is 3.39. The number of fused-ring (bicyclic) bond motifs is 1. The van der Waals surface area contributed by atoms with Crippen molar-refractivity contribution in [2.45, 2.75) is 25.5 Å². The molecule has 1 heterocycles. The summed E-state index contributed by atoms with van der Waals surface area (Å²) in [5.41, 5.74) is 3.30. The molecule has 2 atom stereocenters. The van der Waals surface area contributed by atoms with Crippen LogP contribution in [0.3, 0.4) is 0 Å². The maximum Gasteiger partial charge on any atom is 0.127 e. The minimum Gasteiger partial charge on any atom is -0.372 e. The molecule has 110 valence electrons. The van der Waals surface area contributed by atoms with Crippen LogP contribution >= 0.6 is 0 Å². The Balaban J connectivity index is 1.67. The molecule has 2 aromatic carbocycles. The molecule has 3 rings (SSSR count). The van der Waals surface area contributed by atoms with E-state index in [0.29, 0.717) is 12.1 Å². The highest BCUT2D eigenvalue weighted by Crippen LogP contribution is 2.27. The molecule has 2 unspecified atom stereocenters. The van der Waals surface area contributed by atoms with E-state index in [4.69, 9.17) is 4.74 Å². The Morgan fingerprint density at radius 2 is 1.95 bits per heavy atom. The fourth-order valence-corrected chi connectivity index (χ4v) is 2.87. The monoisotopic (exact) mass is 285 g/mol. The van der Waals surface area contributed by atoms with E-state index in [1.165, 1.54) is 17.2 Å². The second kappa shape index (κ2) is 6.37. The second-order valence-electron chi connectivity index (χ2n) is 5.46. The van der Waals surface area contributed by atoms with E-state index >= 15 is 0 Å². The van der Waals surface area contributed by atoms with Crippen molar-refractivity contribution < 1.29 is 9.13 Å². The molecular weight excluding hydrogens is 265 g/mol. The summed E-state index contributed by atoms with van der Waals surface area (Å²) >= 11 is 0. The van der Waals surface area contributed by atoms with Gasteiger partial charge < -0.3 is 10.1 Å². The number of nitrogens with one attached hydrogen (secondary N) is 1. The molecule has 2 nitrogen and oxygen atoms in total. The first-order valence-electron chi connectivity index (χ1n) is 7.43.